The van der Waals surface area contributed by atoms with Crippen LogP contribution in [0.1, 0.15) is 24.9 Å². The van der Waals surface area contributed by atoms with Crippen LogP contribution in [0, 0.1) is 6.92 Å². The molecule has 0 radical (unpaired) electrons. The Morgan fingerprint density at radius 3 is 2.95 bits per heavy atom. The van der Waals surface area contributed by atoms with Gasteiger partial charge in [0.25, 0.3) is 0 Å². The summed E-state index contributed by atoms with van der Waals surface area (Å²) >= 11 is 1.81. The second-order valence-electron chi connectivity index (χ2n) is 4.78. The van der Waals surface area contributed by atoms with E-state index in [1.165, 1.54) is 0 Å². The van der Waals surface area contributed by atoms with Gasteiger partial charge >= 0.3 is 0 Å². The van der Waals surface area contributed by atoms with Crippen LogP contribution in [0.25, 0.3) is 0 Å². The Bertz CT molecular complexity index is 532. The number of nitrogens with one attached hydrogen (secondary N) is 1. The molecule has 0 aliphatic carbocycles. The van der Waals surface area contributed by atoms with Crippen molar-refractivity contribution in [2.24, 2.45) is 0 Å². The van der Waals surface area contributed by atoms with E-state index in [4.69, 9.17) is 4.42 Å². The van der Waals surface area contributed by atoms with Gasteiger partial charge in [0.1, 0.15) is 16.4 Å². The van der Waals surface area contributed by atoms with Crippen LogP contribution >= 0.6 is 11.8 Å². The summed E-state index contributed by atoms with van der Waals surface area (Å²) in [5.74, 6) is 3.05. The molecule has 20 heavy (non-hydrogen) atoms. The SMILES string of the molecule is CCNCc1cc(S(=O)(=O)N2CCCSCC2)c(C)o1. The average molecular weight is 318 g/mol. The van der Waals surface area contributed by atoms with Gasteiger partial charge in [-0.25, -0.2) is 8.42 Å². The topological polar surface area (TPSA) is 62.6 Å². The number of rotatable bonds is 5. The summed E-state index contributed by atoms with van der Waals surface area (Å²) in [7, 11) is -3.42. The molecule has 2 rings (SSSR count). The first-order chi connectivity index (χ1) is 9.55. The molecule has 0 saturated carbocycles. The molecule has 0 bridgehead atoms. The third-order valence-corrected chi connectivity index (χ3v) is 6.33. The van der Waals surface area contributed by atoms with Gasteiger partial charge in [0, 0.05) is 24.9 Å². The van der Waals surface area contributed by atoms with Crippen LogP contribution in [-0.2, 0) is 16.6 Å². The second-order valence-corrected chi connectivity index (χ2v) is 7.91. The number of thioether (sulfide) groups is 1. The molecular formula is C13H22N2O3S2. The summed E-state index contributed by atoms with van der Waals surface area (Å²) < 4.78 is 32.5. The van der Waals surface area contributed by atoms with E-state index in [0.29, 0.717) is 36.1 Å². The van der Waals surface area contributed by atoms with Crippen LogP contribution in [0.15, 0.2) is 15.4 Å². The zero-order valence-electron chi connectivity index (χ0n) is 12.0. The molecule has 1 saturated heterocycles. The maximum atomic E-state index is 12.7. The fraction of sp³-hybridized carbons (Fsp3) is 0.692. The van der Waals surface area contributed by atoms with Gasteiger partial charge in [-0.3, -0.25) is 0 Å². The lowest BCUT2D eigenvalue weighted by Crippen LogP contribution is -2.33. The maximum absolute atomic E-state index is 12.7. The first kappa shape index (κ1) is 15.9. The fourth-order valence-corrected chi connectivity index (χ4v) is 4.89. The molecule has 2 heterocycles. The van der Waals surface area contributed by atoms with E-state index in [1.807, 2.05) is 18.7 Å². The highest BCUT2D eigenvalue weighted by Gasteiger charge is 2.29. The predicted molar refractivity (Wildman–Crippen MR) is 81.5 cm³/mol. The highest BCUT2D eigenvalue weighted by molar-refractivity contribution is 7.99. The van der Waals surface area contributed by atoms with Gasteiger partial charge in [-0.2, -0.15) is 16.1 Å². The molecule has 1 N–H and O–H groups in total. The first-order valence-corrected chi connectivity index (χ1v) is 9.53. The Morgan fingerprint density at radius 1 is 1.40 bits per heavy atom. The lowest BCUT2D eigenvalue weighted by Gasteiger charge is -2.18. The summed E-state index contributed by atoms with van der Waals surface area (Å²) in [4.78, 5) is 0.317. The van der Waals surface area contributed by atoms with Crippen molar-refractivity contribution in [3.05, 3.63) is 17.6 Å². The van der Waals surface area contributed by atoms with Gasteiger partial charge in [0.15, 0.2) is 0 Å². The lowest BCUT2D eigenvalue weighted by atomic mass is 10.4. The third kappa shape index (κ3) is 3.58. The van der Waals surface area contributed by atoms with Gasteiger partial charge in [-0.1, -0.05) is 6.92 Å². The quantitative estimate of drug-likeness (QED) is 0.897. The molecule has 1 aromatic rings. The van der Waals surface area contributed by atoms with Crippen LogP contribution in [0.3, 0.4) is 0 Å². The number of furan rings is 1. The van der Waals surface area contributed by atoms with Gasteiger partial charge in [0.2, 0.25) is 10.0 Å². The molecule has 0 unspecified atom stereocenters. The molecule has 1 aliphatic rings. The van der Waals surface area contributed by atoms with E-state index in [-0.39, 0.29) is 0 Å². The molecule has 1 fully saturated rings. The lowest BCUT2D eigenvalue weighted by molar-refractivity contribution is 0.429. The largest absolute Gasteiger partial charge is 0.464 e. The third-order valence-electron chi connectivity index (χ3n) is 3.27. The van der Waals surface area contributed by atoms with Crippen molar-refractivity contribution in [2.75, 3.05) is 31.1 Å². The summed E-state index contributed by atoms with van der Waals surface area (Å²) in [6.07, 6.45) is 0.908. The van der Waals surface area contributed by atoms with E-state index < -0.39 is 10.0 Å². The van der Waals surface area contributed by atoms with E-state index in [1.54, 1.807) is 17.3 Å². The minimum atomic E-state index is -3.42. The average Bonchev–Trinajstić information content (AvgIpc) is 2.65. The summed E-state index contributed by atoms with van der Waals surface area (Å²) in [6.45, 7) is 6.29. The van der Waals surface area contributed by atoms with Crippen LogP contribution in [0.2, 0.25) is 0 Å². The van der Waals surface area contributed by atoms with E-state index in [9.17, 15) is 8.42 Å². The number of sulfonamides is 1. The summed E-state index contributed by atoms with van der Waals surface area (Å²) in [5.41, 5.74) is 0. The molecule has 0 aromatic carbocycles. The van der Waals surface area contributed by atoms with Crippen molar-refractivity contribution in [3.63, 3.8) is 0 Å². The number of hydrogen-bond acceptors (Lipinski definition) is 5. The Hall–Kier alpha value is -0.500. The summed E-state index contributed by atoms with van der Waals surface area (Å²) in [6, 6.07) is 1.66. The van der Waals surface area contributed by atoms with Crippen LogP contribution in [-0.4, -0.2) is 43.9 Å². The molecule has 1 aliphatic heterocycles. The molecular weight excluding hydrogens is 296 g/mol. The number of aryl methyl sites for hydroxylation is 1. The molecule has 0 amide bonds. The van der Waals surface area contributed by atoms with Crippen LogP contribution in [0.4, 0.5) is 0 Å². The van der Waals surface area contributed by atoms with Crippen molar-refractivity contribution in [1.29, 1.82) is 0 Å². The van der Waals surface area contributed by atoms with Crippen molar-refractivity contribution < 1.29 is 12.8 Å². The smallest absolute Gasteiger partial charge is 0.246 e. The highest BCUT2D eigenvalue weighted by Crippen LogP contribution is 2.25. The van der Waals surface area contributed by atoms with Crippen molar-refractivity contribution in [3.8, 4) is 0 Å². The van der Waals surface area contributed by atoms with Gasteiger partial charge in [-0.05, 0) is 25.6 Å². The van der Waals surface area contributed by atoms with Crippen molar-refractivity contribution >= 4 is 21.8 Å². The second kappa shape index (κ2) is 6.98. The molecule has 1 aromatic heterocycles. The maximum Gasteiger partial charge on any atom is 0.246 e. The monoisotopic (exact) mass is 318 g/mol. The minimum absolute atomic E-state index is 0.317. The van der Waals surface area contributed by atoms with E-state index in [0.717, 1.165) is 24.5 Å². The Kier molecular flexibility index (Phi) is 5.54. The van der Waals surface area contributed by atoms with Crippen molar-refractivity contribution in [2.45, 2.75) is 31.7 Å². The van der Waals surface area contributed by atoms with Gasteiger partial charge in [0.05, 0.1) is 6.54 Å². The van der Waals surface area contributed by atoms with E-state index >= 15 is 0 Å². The van der Waals surface area contributed by atoms with Gasteiger partial charge in [-0.15, -0.1) is 0 Å². The normalized spacial score (nSPS) is 18.1. The molecule has 114 valence electrons. The molecule has 0 atom stereocenters. The zero-order chi connectivity index (χ0) is 14.6. The number of nitrogens with zero attached hydrogens (tertiary/aromatic N) is 1. The highest BCUT2D eigenvalue weighted by atomic mass is 32.2. The zero-order valence-corrected chi connectivity index (χ0v) is 13.6. The van der Waals surface area contributed by atoms with Crippen LogP contribution in [0.5, 0.6) is 0 Å². The molecule has 0 spiro atoms. The number of hydrogen-bond donors (Lipinski definition) is 1. The minimum Gasteiger partial charge on any atom is -0.464 e. The van der Waals surface area contributed by atoms with Crippen molar-refractivity contribution in [1.82, 2.24) is 9.62 Å². The fourth-order valence-electron chi connectivity index (χ4n) is 2.22. The Balaban J connectivity index is 2.21. The molecule has 5 nitrogen and oxygen atoms in total. The predicted octanol–water partition coefficient (Wildman–Crippen LogP) is 1.83. The standard InChI is InChI=1S/C13H22N2O3S2/c1-3-14-10-12-9-13(11(2)18-12)20(16,17)15-5-4-7-19-8-6-15/h9,14H,3-8,10H2,1-2H3. The van der Waals surface area contributed by atoms with E-state index in [2.05, 4.69) is 5.32 Å². The Labute approximate surface area is 125 Å². The van der Waals surface area contributed by atoms with Crippen LogP contribution < -0.4 is 5.32 Å². The first-order valence-electron chi connectivity index (χ1n) is 6.93. The molecule has 7 heteroatoms. The van der Waals surface area contributed by atoms with Gasteiger partial charge < -0.3 is 9.73 Å². The summed E-state index contributed by atoms with van der Waals surface area (Å²) in [5, 5.41) is 3.14. The Morgan fingerprint density at radius 2 is 2.20 bits per heavy atom.